The van der Waals surface area contributed by atoms with Crippen molar-refractivity contribution in [2.24, 2.45) is 0 Å². The second-order valence-electron chi connectivity index (χ2n) is 4.59. The number of rotatable bonds is 3. The molecule has 2 rings (SSSR count). The van der Waals surface area contributed by atoms with Crippen LogP contribution in [0.15, 0.2) is 42.5 Å². The van der Waals surface area contributed by atoms with E-state index in [-0.39, 0.29) is 17.3 Å². The quantitative estimate of drug-likeness (QED) is 0.760. The molecule has 0 aromatic heterocycles. The third-order valence-corrected chi connectivity index (χ3v) is 3.54. The predicted octanol–water partition coefficient (Wildman–Crippen LogP) is 5.33. The van der Waals surface area contributed by atoms with E-state index in [9.17, 15) is 18.0 Å². The van der Waals surface area contributed by atoms with E-state index in [0.29, 0.717) is 10.6 Å². The maximum Gasteiger partial charge on any atom is 0.418 e. The van der Waals surface area contributed by atoms with E-state index in [4.69, 9.17) is 23.2 Å². The second-order valence-corrected chi connectivity index (χ2v) is 5.43. The topological polar surface area (TPSA) is 41.1 Å². The number of amides is 2. The minimum atomic E-state index is -4.63. The highest BCUT2D eigenvalue weighted by molar-refractivity contribution is 6.31. The third-order valence-electron chi connectivity index (χ3n) is 2.93. The van der Waals surface area contributed by atoms with Crippen LogP contribution in [0.4, 0.5) is 23.7 Å². The Labute approximate surface area is 140 Å². The van der Waals surface area contributed by atoms with E-state index >= 15 is 0 Å². The molecule has 122 valence electrons. The molecule has 23 heavy (non-hydrogen) atoms. The summed E-state index contributed by atoms with van der Waals surface area (Å²) in [6, 6.07) is 9.16. The standard InChI is InChI=1S/C15H11Cl2F3N2O/c16-10-5-6-13(11(7-10)15(18,19)20)22-14(23)21-8-9-3-1-2-4-12(9)17/h1-7H,8H2,(H2,21,22,23). The molecular formula is C15H11Cl2F3N2O. The van der Waals surface area contributed by atoms with Crippen molar-refractivity contribution in [1.29, 1.82) is 0 Å². The van der Waals surface area contributed by atoms with E-state index in [2.05, 4.69) is 10.6 Å². The molecular weight excluding hydrogens is 352 g/mol. The molecule has 8 heteroatoms. The number of anilines is 1. The Hall–Kier alpha value is -1.92. The van der Waals surface area contributed by atoms with Crippen molar-refractivity contribution in [3.63, 3.8) is 0 Å². The molecule has 3 nitrogen and oxygen atoms in total. The lowest BCUT2D eigenvalue weighted by molar-refractivity contribution is -0.136. The van der Waals surface area contributed by atoms with Crippen LogP contribution in [0.3, 0.4) is 0 Å². The summed E-state index contributed by atoms with van der Waals surface area (Å²) in [6.07, 6.45) is -4.63. The number of nitrogens with one attached hydrogen (secondary N) is 2. The molecule has 0 radical (unpaired) electrons. The van der Waals surface area contributed by atoms with Crippen molar-refractivity contribution in [3.05, 3.63) is 63.6 Å². The zero-order chi connectivity index (χ0) is 17.0. The van der Waals surface area contributed by atoms with Crippen LogP contribution >= 0.6 is 23.2 Å². The van der Waals surface area contributed by atoms with Crippen LogP contribution in [0.2, 0.25) is 10.0 Å². The number of hydrogen-bond donors (Lipinski definition) is 2. The monoisotopic (exact) mass is 362 g/mol. The van der Waals surface area contributed by atoms with E-state index < -0.39 is 17.8 Å². The van der Waals surface area contributed by atoms with Crippen molar-refractivity contribution in [3.8, 4) is 0 Å². The minimum Gasteiger partial charge on any atom is -0.334 e. The van der Waals surface area contributed by atoms with Gasteiger partial charge in [0.1, 0.15) is 0 Å². The van der Waals surface area contributed by atoms with Gasteiger partial charge in [0, 0.05) is 16.6 Å². The summed E-state index contributed by atoms with van der Waals surface area (Å²) < 4.78 is 38.8. The maximum atomic E-state index is 12.9. The molecule has 2 aromatic rings. The molecule has 2 aromatic carbocycles. The fourth-order valence-corrected chi connectivity index (χ4v) is 2.22. The molecule has 0 unspecified atom stereocenters. The molecule has 0 saturated carbocycles. The van der Waals surface area contributed by atoms with Crippen LogP contribution in [0.25, 0.3) is 0 Å². The lowest BCUT2D eigenvalue weighted by atomic mass is 10.1. The molecule has 2 amide bonds. The zero-order valence-corrected chi connectivity index (χ0v) is 13.1. The summed E-state index contributed by atoms with van der Waals surface area (Å²) in [4.78, 5) is 11.8. The zero-order valence-electron chi connectivity index (χ0n) is 11.5. The number of carbonyl (C=O) groups excluding carboxylic acids is 1. The molecule has 0 spiro atoms. The van der Waals surface area contributed by atoms with Crippen LogP contribution in [0.1, 0.15) is 11.1 Å². The minimum absolute atomic E-state index is 0.0700. The Morgan fingerprint density at radius 3 is 2.43 bits per heavy atom. The largest absolute Gasteiger partial charge is 0.418 e. The average molecular weight is 363 g/mol. The first kappa shape index (κ1) is 17.4. The van der Waals surface area contributed by atoms with Gasteiger partial charge >= 0.3 is 12.2 Å². The van der Waals surface area contributed by atoms with E-state index in [0.717, 1.165) is 12.1 Å². The van der Waals surface area contributed by atoms with Gasteiger partial charge in [-0.25, -0.2) is 4.79 Å². The molecule has 0 fully saturated rings. The summed E-state index contributed by atoms with van der Waals surface area (Å²) in [5.41, 5.74) is -0.743. The highest BCUT2D eigenvalue weighted by Crippen LogP contribution is 2.36. The first-order chi connectivity index (χ1) is 10.8. The molecule has 0 saturated heterocycles. The molecule has 0 aliphatic rings. The highest BCUT2D eigenvalue weighted by Gasteiger charge is 2.34. The van der Waals surface area contributed by atoms with Crippen molar-refractivity contribution >= 4 is 34.9 Å². The van der Waals surface area contributed by atoms with Crippen LogP contribution in [-0.2, 0) is 12.7 Å². The van der Waals surface area contributed by atoms with Crippen LogP contribution < -0.4 is 10.6 Å². The van der Waals surface area contributed by atoms with Crippen LogP contribution in [-0.4, -0.2) is 6.03 Å². The van der Waals surface area contributed by atoms with Gasteiger partial charge in [0.05, 0.1) is 11.3 Å². The van der Waals surface area contributed by atoms with Crippen molar-refractivity contribution < 1.29 is 18.0 Å². The SMILES string of the molecule is O=C(NCc1ccccc1Cl)Nc1ccc(Cl)cc1C(F)(F)F. The Bertz CT molecular complexity index is 720. The molecule has 0 heterocycles. The molecule has 0 aliphatic carbocycles. The Balaban J connectivity index is 2.08. The fourth-order valence-electron chi connectivity index (χ4n) is 1.84. The Kier molecular flexibility index (Phi) is 5.38. The van der Waals surface area contributed by atoms with Gasteiger partial charge in [0.25, 0.3) is 0 Å². The predicted molar refractivity (Wildman–Crippen MR) is 83.8 cm³/mol. The van der Waals surface area contributed by atoms with Gasteiger partial charge < -0.3 is 10.6 Å². The van der Waals surface area contributed by atoms with Crippen molar-refractivity contribution in [2.75, 3.05) is 5.32 Å². The van der Waals surface area contributed by atoms with Gasteiger partial charge in [-0.3, -0.25) is 0 Å². The number of urea groups is 1. The summed E-state index contributed by atoms with van der Waals surface area (Å²) in [5, 5.41) is 4.99. The average Bonchev–Trinajstić information content (AvgIpc) is 2.47. The molecule has 0 aliphatic heterocycles. The number of hydrogen-bond acceptors (Lipinski definition) is 1. The molecule has 2 N–H and O–H groups in total. The lowest BCUT2D eigenvalue weighted by Gasteiger charge is -2.15. The van der Waals surface area contributed by atoms with Gasteiger partial charge in [0.15, 0.2) is 0 Å². The first-order valence-corrected chi connectivity index (χ1v) is 7.18. The van der Waals surface area contributed by atoms with E-state index in [1.54, 1.807) is 24.3 Å². The highest BCUT2D eigenvalue weighted by atomic mass is 35.5. The molecule has 0 bridgehead atoms. The van der Waals surface area contributed by atoms with Gasteiger partial charge in [-0.15, -0.1) is 0 Å². The summed E-state index contributed by atoms with van der Waals surface area (Å²) in [7, 11) is 0. The number of alkyl halides is 3. The summed E-state index contributed by atoms with van der Waals surface area (Å²) >= 11 is 11.5. The Morgan fingerprint density at radius 2 is 1.78 bits per heavy atom. The third kappa shape index (κ3) is 4.77. The van der Waals surface area contributed by atoms with Crippen LogP contribution in [0, 0.1) is 0 Å². The van der Waals surface area contributed by atoms with Gasteiger partial charge in [-0.2, -0.15) is 13.2 Å². The van der Waals surface area contributed by atoms with Crippen molar-refractivity contribution in [2.45, 2.75) is 12.7 Å². The van der Waals surface area contributed by atoms with Crippen LogP contribution in [0.5, 0.6) is 0 Å². The second kappa shape index (κ2) is 7.10. The maximum absolute atomic E-state index is 12.9. The number of benzene rings is 2. The van der Waals surface area contributed by atoms with Crippen molar-refractivity contribution in [1.82, 2.24) is 5.32 Å². The Morgan fingerprint density at radius 1 is 1.09 bits per heavy atom. The normalized spacial score (nSPS) is 11.2. The van der Waals surface area contributed by atoms with E-state index in [1.807, 2.05) is 0 Å². The number of halogens is 5. The fraction of sp³-hybridized carbons (Fsp3) is 0.133. The molecule has 0 atom stereocenters. The summed E-state index contributed by atoms with van der Waals surface area (Å²) in [5.74, 6) is 0. The lowest BCUT2D eigenvalue weighted by Crippen LogP contribution is -2.29. The summed E-state index contributed by atoms with van der Waals surface area (Å²) in [6.45, 7) is 0.0838. The number of carbonyl (C=O) groups is 1. The first-order valence-electron chi connectivity index (χ1n) is 6.42. The van der Waals surface area contributed by atoms with Gasteiger partial charge in [0.2, 0.25) is 0 Å². The smallest absolute Gasteiger partial charge is 0.334 e. The van der Waals surface area contributed by atoms with Gasteiger partial charge in [-0.05, 0) is 29.8 Å². The van der Waals surface area contributed by atoms with E-state index in [1.165, 1.54) is 6.07 Å². The van der Waals surface area contributed by atoms with Gasteiger partial charge in [-0.1, -0.05) is 41.4 Å².